The van der Waals surface area contributed by atoms with Gasteiger partial charge in [-0.15, -0.1) is 0 Å². The van der Waals surface area contributed by atoms with E-state index in [4.69, 9.17) is 14.2 Å². The normalized spacial score (nSPS) is 13.6. The Morgan fingerprint density at radius 3 is 2.39 bits per heavy atom. The lowest BCUT2D eigenvalue weighted by Gasteiger charge is -2.27. The van der Waals surface area contributed by atoms with Gasteiger partial charge in [-0.05, 0) is 38.1 Å². The van der Waals surface area contributed by atoms with Gasteiger partial charge in [0, 0.05) is 31.9 Å². The number of ether oxygens (including phenoxy) is 3. The second kappa shape index (κ2) is 10.1. The summed E-state index contributed by atoms with van der Waals surface area (Å²) < 4.78 is 17.6. The molecule has 1 aliphatic heterocycles. The molecule has 1 aromatic carbocycles. The topological polar surface area (TPSA) is 99.1 Å². The number of aryl methyl sites for hydroxylation is 1. The number of rotatable bonds is 7. The van der Waals surface area contributed by atoms with Gasteiger partial charge in [0.25, 0.3) is 17.4 Å². The van der Waals surface area contributed by atoms with Crippen LogP contribution in [0.25, 0.3) is 0 Å². The average Bonchev–Trinajstić information content (AvgIpc) is 2.78. The van der Waals surface area contributed by atoms with E-state index < -0.39 is 11.5 Å². The Labute approximate surface area is 180 Å². The molecule has 1 fully saturated rings. The molecule has 2 aromatic rings. The van der Waals surface area contributed by atoms with Crippen molar-refractivity contribution in [2.45, 2.75) is 13.8 Å². The van der Waals surface area contributed by atoms with E-state index in [1.165, 1.54) is 23.9 Å². The third kappa shape index (κ3) is 5.24. The number of carbonyl (C=O) groups excluding carboxylic acids is 2. The summed E-state index contributed by atoms with van der Waals surface area (Å²) in [6, 6.07) is 6.23. The molecular weight excluding hydrogens is 402 g/mol. The summed E-state index contributed by atoms with van der Waals surface area (Å²) >= 11 is 0. The highest BCUT2D eigenvalue weighted by atomic mass is 16.5. The number of benzene rings is 1. The first kappa shape index (κ1) is 22.4. The summed E-state index contributed by atoms with van der Waals surface area (Å²) in [7, 11) is 1.54. The maximum Gasteiger partial charge on any atom is 0.274 e. The van der Waals surface area contributed by atoms with Crippen LogP contribution >= 0.6 is 0 Å². The van der Waals surface area contributed by atoms with Crippen molar-refractivity contribution in [2.75, 3.05) is 44.8 Å². The molecule has 0 atom stereocenters. The van der Waals surface area contributed by atoms with Gasteiger partial charge in [0.15, 0.2) is 11.5 Å². The summed E-state index contributed by atoms with van der Waals surface area (Å²) in [5.74, 6) is 0.280. The van der Waals surface area contributed by atoms with Crippen LogP contribution in [0.5, 0.6) is 11.5 Å². The van der Waals surface area contributed by atoms with E-state index >= 15 is 0 Å². The number of nitrogens with zero attached hydrogens (tertiary/aromatic N) is 2. The van der Waals surface area contributed by atoms with Crippen LogP contribution in [0.3, 0.4) is 0 Å². The summed E-state index contributed by atoms with van der Waals surface area (Å²) in [6.45, 7) is 6.48. The predicted octanol–water partition coefficient (Wildman–Crippen LogP) is 1.91. The number of morpholine rings is 1. The molecular formula is C22H27N3O6. The fraction of sp³-hybridized carbons (Fsp3) is 0.409. The predicted molar refractivity (Wildman–Crippen MR) is 115 cm³/mol. The number of amides is 2. The van der Waals surface area contributed by atoms with Crippen molar-refractivity contribution in [1.29, 1.82) is 0 Å². The van der Waals surface area contributed by atoms with E-state index in [1.807, 2.05) is 13.8 Å². The number of pyridine rings is 1. The lowest BCUT2D eigenvalue weighted by atomic mass is 10.1. The summed E-state index contributed by atoms with van der Waals surface area (Å²) in [5.41, 5.74) is 0.237. The van der Waals surface area contributed by atoms with Crippen molar-refractivity contribution in [2.24, 2.45) is 7.05 Å². The van der Waals surface area contributed by atoms with Crippen molar-refractivity contribution in [1.82, 2.24) is 9.47 Å². The molecule has 0 bridgehead atoms. The van der Waals surface area contributed by atoms with Gasteiger partial charge < -0.3 is 29.0 Å². The zero-order chi connectivity index (χ0) is 22.4. The van der Waals surface area contributed by atoms with Crippen LogP contribution in [-0.2, 0) is 11.8 Å². The highest BCUT2D eigenvalue weighted by Crippen LogP contribution is 2.28. The Kier molecular flexibility index (Phi) is 7.30. The number of hydrogen-bond donors (Lipinski definition) is 1. The van der Waals surface area contributed by atoms with Crippen molar-refractivity contribution < 1.29 is 23.8 Å². The average molecular weight is 429 g/mol. The molecule has 9 heteroatoms. The molecule has 0 radical (unpaired) electrons. The molecule has 3 rings (SSSR count). The van der Waals surface area contributed by atoms with E-state index in [0.29, 0.717) is 62.1 Å². The minimum atomic E-state index is -0.489. The Morgan fingerprint density at radius 1 is 1.03 bits per heavy atom. The summed E-state index contributed by atoms with van der Waals surface area (Å²) in [6.07, 6.45) is 1.47. The lowest BCUT2D eigenvalue weighted by Crippen LogP contribution is -2.41. The smallest absolute Gasteiger partial charge is 0.274 e. The van der Waals surface area contributed by atoms with Gasteiger partial charge in [0.1, 0.15) is 5.69 Å². The fourth-order valence-electron chi connectivity index (χ4n) is 3.25. The quantitative estimate of drug-likeness (QED) is 0.722. The highest BCUT2D eigenvalue weighted by Gasteiger charge is 2.21. The van der Waals surface area contributed by atoms with Crippen molar-refractivity contribution in [3.63, 3.8) is 0 Å². The molecule has 166 valence electrons. The summed E-state index contributed by atoms with van der Waals surface area (Å²) in [4.78, 5) is 39.8. The van der Waals surface area contributed by atoms with E-state index in [9.17, 15) is 14.4 Å². The Bertz CT molecular complexity index is 1010. The molecule has 9 nitrogen and oxygen atoms in total. The van der Waals surface area contributed by atoms with Crippen LogP contribution in [0.2, 0.25) is 0 Å². The first-order chi connectivity index (χ1) is 14.9. The first-order valence-corrected chi connectivity index (χ1v) is 10.2. The van der Waals surface area contributed by atoms with Gasteiger partial charge in [-0.1, -0.05) is 0 Å². The van der Waals surface area contributed by atoms with Crippen LogP contribution in [0.15, 0.2) is 35.3 Å². The van der Waals surface area contributed by atoms with Crippen LogP contribution in [0.1, 0.15) is 34.6 Å². The highest BCUT2D eigenvalue weighted by molar-refractivity contribution is 6.05. The molecule has 0 aliphatic carbocycles. The molecule has 0 saturated carbocycles. The van der Waals surface area contributed by atoms with E-state index in [1.54, 1.807) is 23.1 Å². The van der Waals surface area contributed by atoms with Crippen LogP contribution in [0, 0.1) is 0 Å². The third-order valence-corrected chi connectivity index (χ3v) is 4.78. The SMILES string of the molecule is CCOc1ccc(C(=O)Nc2cc(C(=O)N3CCOCC3)cn(C)c2=O)cc1OCC. The van der Waals surface area contributed by atoms with Gasteiger partial charge in [0.2, 0.25) is 0 Å². The molecule has 2 heterocycles. The second-order valence-electron chi connectivity index (χ2n) is 6.94. The van der Waals surface area contributed by atoms with Crippen LogP contribution in [0.4, 0.5) is 5.69 Å². The largest absolute Gasteiger partial charge is 0.490 e. The van der Waals surface area contributed by atoms with Gasteiger partial charge >= 0.3 is 0 Å². The summed E-state index contributed by atoms with van der Waals surface area (Å²) in [5, 5.41) is 2.62. The minimum absolute atomic E-state index is 0.0263. The van der Waals surface area contributed by atoms with Crippen molar-refractivity contribution >= 4 is 17.5 Å². The molecule has 1 aliphatic rings. The van der Waals surface area contributed by atoms with Crippen LogP contribution in [-0.4, -0.2) is 60.8 Å². The van der Waals surface area contributed by atoms with Gasteiger partial charge in [-0.25, -0.2) is 0 Å². The van der Waals surface area contributed by atoms with E-state index in [0.717, 1.165) is 0 Å². The molecule has 1 saturated heterocycles. The number of nitrogens with one attached hydrogen (secondary N) is 1. The maximum absolute atomic E-state index is 12.8. The number of anilines is 1. The lowest BCUT2D eigenvalue weighted by molar-refractivity contribution is 0.0302. The zero-order valence-corrected chi connectivity index (χ0v) is 18.0. The second-order valence-corrected chi connectivity index (χ2v) is 6.94. The monoisotopic (exact) mass is 429 g/mol. The standard InChI is InChI=1S/C22H27N3O6/c1-4-30-18-7-6-15(13-19(18)31-5-2)20(26)23-17-12-16(14-24(3)22(17)28)21(27)25-8-10-29-11-9-25/h6-7,12-14H,4-5,8-11H2,1-3H3,(H,23,26). The van der Waals surface area contributed by atoms with Gasteiger partial charge in [-0.2, -0.15) is 0 Å². The Hall–Kier alpha value is -3.33. The Balaban J connectivity index is 1.85. The van der Waals surface area contributed by atoms with Gasteiger partial charge in [0.05, 0.1) is 32.0 Å². The fourth-order valence-corrected chi connectivity index (χ4v) is 3.25. The van der Waals surface area contributed by atoms with Crippen molar-refractivity contribution in [3.05, 3.63) is 51.9 Å². The Morgan fingerprint density at radius 2 is 1.71 bits per heavy atom. The number of aromatic nitrogens is 1. The number of carbonyl (C=O) groups is 2. The van der Waals surface area contributed by atoms with Crippen LogP contribution < -0.4 is 20.3 Å². The third-order valence-electron chi connectivity index (χ3n) is 4.78. The minimum Gasteiger partial charge on any atom is -0.490 e. The zero-order valence-electron chi connectivity index (χ0n) is 18.0. The molecule has 2 amide bonds. The molecule has 1 aromatic heterocycles. The van der Waals surface area contributed by atoms with E-state index in [-0.39, 0.29) is 11.6 Å². The number of hydrogen-bond acceptors (Lipinski definition) is 6. The van der Waals surface area contributed by atoms with Crippen molar-refractivity contribution in [3.8, 4) is 11.5 Å². The molecule has 1 N–H and O–H groups in total. The maximum atomic E-state index is 12.8. The molecule has 0 spiro atoms. The van der Waals surface area contributed by atoms with Gasteiger partial charge in [-0.3, -0.25) is 14.4 Å². The van der Waals surface area contributed by atoms with E-state index in [2.05, 4.69) is 5.32 Å². The molecule has 31 heavy (non-hydrogen) atoms. The first-order valence-electron chi connectivity index (χ1n) is 10.2. The molecule has 0 unspecified atom stereocenters.